The Morgan fingerprint density at radius 1 is 1.67 bits per heavy atom. The second-order valence-corrected chi connectivity index (χ2v) is 2.69. The third-order valence-corrected chi connectivity index (χ3v) is 1.65. The minimum atomic E-state index is -0.538. The Kier molecular flexibility index (Phi) is 5.68. The Hall–Kier alpha value is 0.358. The van der Waals surface area contributed by atoms with Gasteiger partial charge >= 0.3 is 44.4 Å². The molecule has 0 aliphatic rings. The fourth-order valence-electron chi connectivity index (χ4n) is 0.223. The topological polar surface area (TPSA) is 17.1 Å². The van der Waals surface area contributed by atoms with Crippen molar-refractivity contribution in [2.75, 3.05) is 0 Å². The van der Waals surface area contributed by atoms with Gasteiger partial charge in [0.2, 0.25) is 0 Å². The third-order valence-electron chi connectivity index (χ3n) is 0.603. The van der Waals surface area contributed by atoms with Crippen molar-refractivity contribution < 1.29 is 3.74 Å². The van der Waals surface area contributed by atoms with Gasteiger partial charge in [0.15, 0.2) is 0 Å². The van der Waals surface area contributed by atoms with Crippen molar-refractivity contribution in [3.05, 3.63) is 0 Å². The van der Waals surface area contributed by atoms with Gasteiger partial charge in [-0.2, -0.15) is 0 Å². The van der Waals surface area contributed by atoms with Crippen LogP contribution in [0.25, 0.3) is 0 Å². The maximum atomic E-state index is 9.78. The third kappa shape index (κ3) is 4.36. The van der Waals surface area contributed by atoms with Gasteiger partial charge in [0, 0.05) is 0 Å². The molecular formula is C4H9AsO. The summed E-state index contributed by atoms with van der Waals surface area (Å²) < 4.78 is 9.78. The molecule has 0 aromatic rings. The van der Waals surface area contributed by atoms with E-state index in [0.717, 1.165) is 11.6 Å². The molecule has 6 heavy (non-hydrogen) atoms. The molecule has 0 heterocycles. The van der Waals surface area contributed by atoms with E-state index in [0.29, 0.717) is 0 Å². The van der Waals surface area contributed by atoms with Gasteiger partial charge in [0.25, 0.3) is 0 Å². The van der Waals surface area contributed by atoms with Gasteiger partial charge < -0.3 is 0 Å². The van der Waals surface area contributed by atoms with E-state index < -0.39 is 15.7 Å². The molecule has 0 N–H and O–H groups in total. The molecule has 0 amide bonds. The van der Waals surface area contributed by atoms with Crippen molar-refractivity contribution in [3.63, 3.8) is 0 Å². The Morgan fingerprint density at radius 2 is 2.33 bits per heavy atom. The zero-order chi connectivity index (χ0) is 4.83. The zero-order valence-electron chi connectivity index (χ0n) is 3.98. The molecule has 0 saturated heterocycles. The van der Waals surface area contributed by atoms with Crippen LogP contribution in [0.4, 0.5) is 0 Å². The van der Waals surface area contributed by atoms with E-state index in [9.17, 15) is 3.74 Å². The summed E-state index contributed by atoms with van der Waals surface area (Å²) in [4.78, 5) is 0. The number of hydrogen-bond donors (Lipinski definition) is 0. The van der Waals surface area contributed by atoms with Crippen LogP contribution in [-0.4, -0.2) is 15.7 Å². The van der Waals surface area contributed by atoms with E-state index in [4.69, 9.17) is 0 Å². The first-order chi connectivity index (χ1) is 2.91. The number of hydrogen-bond acceptors (Lipinski definition) is 1. The second-order valence-electron chi connectivity index (χ2n) is 1.21. The first kappa shape index (κ1) is 6.36. The van der Waals surface area contributed by atoms with E-state index in [1.807, 2.05) is 0 Å². The minimum absolute atomic E-state index is 0.538. The quantitative estimate of drug-likeness (QED) is 0.434. The maximum absolute atomic E-state index is 9.78. The van der Waals surface area contributed by atoms with Gasteiger partial charge in [-0.25, -0.2) is 0 Å². The molecule has 0 unspecified atom stereocenters. The van der Waals surface area contributed by atoms with Gasteiger partial charge in [-0.1, -0.05) is 0 Å². The zero-order valence-corrected chi connectivity index (χ0v) is 5.85. The molecule has 0 saturated carbocycles. The van der Waals surface area contributed by atoms with E-state index >= 15 is 0 Å². The normalized spacial score (nSPS) is 9.50. The van der Waals surface area contributed by atoms with E-state index in [-0.39, 0.29) is 0 Å². The molecule has 0 aliphatic heterocycles. The molecule has 2 heteroatoms. The average molecular weight is 148 g/mol. The summed E-state index contributed by atoms with van der Waals surface area (Å²) in [5.41, 5.74) is 0. The standard InChI is InChI=1S/C4H9AsO/c1-2-3-4-5-6/h2-4H2,1H3. The van der Waals surface area contributed by atoms with Crippen molar-refractivity contribution in [2.45, 2.75) is 25.0 Å². The average Bonchev–Trinajstić information content (AvgIpc) is 1.61. The SMILES string of the molecule is CCCC[As]=O. The summed E-state index contributed by atoms with van der Waals surface area (Å²) in [5, 5.41) is 0.951. The van der Waals surface area contributed by atoms with Crippen LogP contribution in [0, 0.1) is 0 Å². The molecule has 1 nitrogen and oxygen atoms in total. The Labute approximate surface area is 45.0 Å². The predicted octanol–water partition coefficient (Wildman–Crippen LogP) is 1.25. The van der Waals surface area contributed by atoms with Gasteiger partial charge in [-0.3, -0.25) is 0 Å². The van der Waals surface area contributed by atoms with Crippen molar-refractivity contribution in [1.82, 2.24) is 0 Å². The van der Waals surface area contributed by atoms with Crippen molar-refractivity contribution in [1.29, 1.82) is 0 Å². The first-order valence-corrected chi connectivity index (χ1v) is 4.30. The molecule has 0 aromatic heterocycles. The summed E-state index contributed by atoms with van der Waals surface area (Å²) in [6, 6.07) is 0. The van der Waals surface area contributed by atoms with Crippen LogP contribution >= 0.6 is 0 Å². The van der Waals surface area contributed by atoms with Crippen LogP contribution in [0.15, 0.2) is 0 Å². The van der Waals surface area contributed by atoms with Crippen LogP contribution in [0.1, 0.15) is 19.8 Å². The van der Waals surface area contributed by atoms with Gasteiger partial charge in [0.05, 0.1) is 0 Å². The first-order valence-electron chi connectivity index (χ1n) is 2.21. The Bertz CT molecular complexity index is 36.5. The summed E-state index contributed by atoms with van der Waals surface area (Å²) in [5.74, 6) is 0. The van der Waals surface area contributed by atoms with Crippen molar-refractivity contribution >= 4 is 15.7 Å². The number of unbranched alkanes of at least 4 members (excludes halogenated alkanes) is 1. The fraction of sp³-hybridized carbons (Fsp3) is 1.00. The van der Waals surface area contributed by atoms with Crippen LogP contribution in [0.3, 0.4) is 0 Å². The van der Waals surface area contributed by atoms with E-state index in [1.165, 1.54) is 6.42 Å². The summed E-state index contributed by atoms with van der Waals surface area (Å²) in [7, 11) is 0. The molecule has 0 atom stereocenters. The molecule has 0 aromatic carbocycles. The Balaban J connectivity index is 2.49. The van der Waals surface area contributed by atoms with Crippen LogP contribution in [0.5, 0.6) is 0 Å². The second kappa shape index (κ2) is 5.36. The van der Waals surface area contributed by atoms with Crippen molar-refractivity contribution in [2.24, 2.45) is 0 Å². The van der Waals surface area contributed by atoms with Gasteiger partial charge in [0.1, 0.15) is 0 Å². The molecule has 0 bridgehead atoms. The molecule has 0 aliphatic carbocycles. The van der Waals surface area contributed by atoms with Crippen LogP contribution < -0.4 is 0 Å². The Morgan fingerprint density at radius 3 is 2.50 bits per heavy atom. The predicted molar refractivity (Wildman–Crippen MR) is 26.2 cm³/mol. The van der Waals surface area contributed by atoms with Crippen LogP contribution in [-0.2, 0) is 3.74 Å². The fourth-order valence-corrected chi connectivity index (χ4v) is 1.16. The van der Waals surface area contributed by atoms with Gasteiger partial charge in [-0.15, -0.1) is 0 Å². The molecule has 0 radical (unpaired) electrons. The molecule has 0 spiro atoms. The number of rotatable bonds is 3. The van der Waals surface area contributed by atoms with Crippen LogP contribution in [0.2, 0.25) is 5.21 Å². The molecular weight excluding hydrogens is 139 g/mol. The summed E-state index contributed by atoms with van der Waals surface area (Å²) in [6.45, 7) is 2.11. The molecule has 0 fully saturated rings. The van der Waals surface area contributed by atoms with E-state index in [1.54, 1.807) is 0 Å². The summed E-state index contributed by atoms with van der Waals surface area (Å²) in [6.07, 6.45) is 2.32. The van der Waals surface area contributed by atoms with Gasteiger partial charge in [-0.05, 0) is 0 Å². The summed E-state index contributed by atoms with van der Waals surface area (Å²) >= 11 is -0.538. The molecule has 0 rings (SSSR count). The van der Waals surface area contributed by atoms with E-state index in [2.05, 4.69) is 6.92 Å². The monoisotopic (exact) mass is 148 g/mol. The van der Waals surface area contributed by atoms with Crippen molar-refractivity contribution in [3.8, 4) is 0 Å². The molecule has 36 valence electrons.